The predicted molar refractivity (Wildman–Crippen MR) is 60.1 cm³/mol. The highest BCUT2D eigenvalue weighted by atomic mass is 19.4. The van der Waals surface area contributed by atoms with Gasteiger partial charge in [-0.15, -0.1) is 0 Å². The Morgan fingerprint density at radius 3 is 2.29 bits per heavy atom. The van der Waals surface area contributed by atoms with Crippen LogP contribution in [0.25, 0.3) is 0 Å². The largest absolute Gasteiger partial charge is 0.492 e. The standard InChI is InChI=1S/C11H10F6N2O2/c12-10(13,14)3-4-21-8-2-1-6(11(15,16)17)5-7(8)9(18)19-20/h1-2,5,20H,3-4H2,(H2,18,19). The lowest BCUT2D eigenvalue weighted by molar-refractivity contribution is -0.139. The first-order valence-corrected chi connectivity index (χ1v) is 5.43. The second-order valence-electron chi connectivity index (χ2n) is 3.91. The van der Waals surface area contributed by atoms with Crippen LogP contribution in [0.2, 0.25) is 0 Å². The summed E-state index contributed by atoms with van der Waals surface area (Å²) in [5.41, 5.74) is 3.64. The molecule has 0 aliphatic rings. The zero-order valence-electron chi connectivity index (χ0n) is 10.3. The normalized spacial score (nSPS) is 13.3. The lowest BCUT2D eigenvalue weighted by Crippen LogP contribution is -2.18. The van der Waals surface area contributed by atoms with Crippen molar-refractivity contribution in [3.8, 4) is 5.75 Å². The van der Waals surface area contributed by atoms with E-state index >= 15 is 0 Å². The van der Waals surface area contributed by atoms with Gasteiger partial charge < -0.3 is 15.7 Å². The van der Waals surface area contributed by atoms with Crippen molar-refractivity contribution in [1.82, 2.24) is 0 Å². The average molecular weight is 316 g/mol. The van der Waals surface area contributed by atoms with Crippen LogP contribution in [0.4, 0.5) is 26.3 Å². The van der Waals surface area contributed by atoms with Gasteiger partial charge in [0.25, 0.3) is 0 Å². The molecule has 0 amide bonds. The number of benzene rings is 1. The molecule has 0 bridgehead atoms. The van der Waals surface area contributed by atoms with Gasteiger partial charge in [0.2, 0.25) is 0 Å². The van der Waals surface area contributed by atoms with Crippen molar-refractivity contribution in [3.05, 3.63) is 29.3 Å². The first-order valence-electron chi connectivity index (χ1n) is 5.43. The molecule has 1 aromatic carbocycles. The summed E-state index contributed by atoms with van der Waals surface area (Å²) in [5, 5.41) is 11.0. The smallest absolute Gasteiger partial charge is 0.416 e. The molecule has 0 saturated heterocycles. The summed E-state index contributed by atoms with van der Waals surface area (Å²) in [6.45, 7) is -0.805. The summed E-state index contributed by atoms with van der Waals surface area (Å²) in [4.78, 5) is 0. The number of hydrogen-bond acceptors (Lipinski definition) is 3. The van der Waals surface area contributed by atoms with Crippen LogP contribution in [0.5, 0.6) is 5.75 Å². The van der Waals surface area contributed by atoms with E-state index in [9.17, 15) is 26.3 Å². The average Bonchev–Trinajstić information content (AvgIpc) is 2.35. The van der Waals surface area contributed by atoms with Crippen LogP contribution >= 0.6 is 0 Å². The number of ether oxygens (including phenoxy) is 1. The van der Waals surface area contributed by atoms with Crippen LogP contribution in [0.3, 0.4) is 0 Å². The summed E-state index contributed by atoms with van der Waals surface area (Å²) in [5.74, 6) is -1.05. The van der Waals surface area contributed by atoms with Crippen LogP contribution in [0.15, 0.2) is 23.4 Å². The predicted octanol–water partition coefficient (Wildman–Crippen LogP) is 3.13. The van der Waals surface area contributed by atoms with Crippen molar-refractivity contribution >= 4 is 5.84 Å². The number of oxime groups is 1. The third kappa shape index (κ3) is 5.04. The van der Waals surface area contributed by atoms with Crippen LogP contribution in [-0.2, 0) is 6.18 Å². The summed E-state index contributed by atoms with van der Waals surface area (Å²) in [7, 11) is 0. The summed E-state index contributed by atoms with van der Waals surface area (Å²) < 4.78 is 78.3. The highest BCUT2D eigenvalue weighted by molar-refractivity contribution is 5.99. The molecule has 3 N–H and O–H groups in total. The number of hydrogen-bond donors (Lipinski definition) is 2. The van der Waals surface area contributed by atoms with Gasteiger partial charge in [-0.1, -0.05) is 5.16 Å². The molecule has 0 atom stereocenters. The molecular weight excluding hydrogens is 306 g/mol. The van der Waals surface area contributed by atoms with E-state index < -0.39 is 42.3 Å². The number of nitrogens with two attached hydrogens (primary N) is 1. The van der Waals surface area contributed by atoms with E-state index in [-0.39, 0.29) is 5.75 Å². The Kier molecular flexibility index (Phi) is 4.92. The van der Waals surface area contributed by atoms with Crippen LogP contribution < -0.4 is 10.5 Å². The third-order valence-corrected chi connectivity index (χ3v) is 2.33. The molecule has 0 radical (unpaired) electrons. The molecular formula is C11H10F6N2O2. The Morgan fingerprint density at radius 2 is 1.81 bits per heavy atom. The Bertz CT molecular complexity index is 524. The van der Waals surface area contributed by atoms with Gasteiger partial charge >= 0.3 is 12.4 Å². The fourth-order valence-electron chi connectivity index (χ4n) is 1.36. The highest BCUT2D eigenvalue weighted by Gasteiger charge is 2.32. The summed E-state index contributed by atoms with van der Waals surface area (Å²) in [6, 6.07) is 1.96. The van der Waals surface area contributed by atoms with Gasteiger partial charge in [-0.05, 0) is 18.2 Å². The van der Waals surface area contributed by atoms with E-state index in [2.05, 4.69) is 5.16 Å². The molecule has 0 aromatic heterocycles. The van der Waals surface area contributed by atoms with Gasteiger partial charge in [0.05, 0.1) is 24.2 Å². The van der Waals surface area contributed by atoms with E-state index in [1.807, 2.05) is 0 Å². The maximum absolute atomic E-state index is 12.5. The Morgan fingerprint density at radius 1 is 1.19 bits per heavy atom. The molecule has 0 fully saturated rings. The number of amidine groups is 1. The van der Waals surface area contributed by atoms with Crippen molar-refractivity contribution in [2.24, 2.45) is 10.9 Å². The van der Waals surface area contributed by atoms with Gasteiger partial charge in [0, 0.05) is 0 Å². The molecule has 21 heavy (non-hydrogen) atoms. The molecule has 10 heteroatoms. The summed E-state index contributed by atoms with van der Waals surface area (Å²) >= 11 is 0. The molecule has 0 spiro atoms. The minimum atomic E-state index is -4.69. The minimum absolute atomic E-state index is 0.345. The first kappa shape index (κ1) is 16.9. The SMILES string of the molecule is N/C(=N/O)c1cc(C(F)(F)F)ccc1OCCC(F)(F)F. The Hall–Kier alpha value is -2.13. The lowest BCUT2D eigenvalue weighted by Gasteiger charge is -2.14. The number of rotatable bonds is 4. The molecule has 4 nitrogen and oxygen atoms in total. The van der Waals surface area contributed by atoms with Crippen molar-refractivity contribution in [3.63, 3.8) is 0 Å². The number of alkyl halides is 6. The third-order valence-electron chi connectivity index (χ3n) is 2.33. The van der Waals surface area contributed by atoms with Crippen LogP contribution in [0.1, 0.15) is 17.5 Å². The molecule has 0 heterocycles. The number of nitrogens with zero attached hydrogens (tertiary/aromatic N) is 1. The van der Waals surface area contributed by atoms with Gasteiger partial charge in [0.15, 0.2) is 5.84 Å². The monoisotopic (exact) mass is 316 g/mol. The first-order chi connectivity index (χ1) is 9.54. The maximum atomic E-state index is 12.5. The fraction of sp³-hybridized carbons (Fsp3) is 0.364. The molecule has 1 rings (SSSR count). The van der Waals surface area contributed by atoms with Crippen molar-refractivity contribution in [2.75, 3.05) is 6.61 Å². The maximum Gasteiger partial charge on any atom is 0.416 e. The quantitative estimate of drug-likeness (QED) is 0.295. The van der Waals surface area contributed by atoms with Crippen LogP contribution in [-0.4, -0.2) is 23.8 Å². The number of halogens is 6. The van der Waals surface area contributed by atoms with E-state index in [1.54, 1.807) is 0 Å². The molecule has 0 aliphatic carbocycles. The van der Waals surface area contributed by atoms with E-state index in [1.165, 1.54) is 0 Å². The van der Waals surface area contributed by atoms with Gasteiger partial charge in [0.1, 0.15) is 5.75 Å². The Labute approximate surface area is 114 Å². The second-order valence-corrected chi connectivity index (χ2v) is 3.91. The molecule has 0 aliphatic heterocycles. The Balaban J connectivity index is 3.03. The van der Waals surface area contributed by atoms with E-state index in [0.717, 1.165) is 6.07 Å². The fourth-order valence-corrected chi connectivity index (χ4v) is 1.36. The summed E-state index contributed by atoms with van der Waals surface area (Å²) in [6.07, 6.45) is -10.4. The van der Waals surface area contributed by atoms with Crippen LogP contribution in [0, 0.1) is 0 Å². The topological polar surface area (TPSA) is 67.8 Å². The van der Waals surface area contributed by atoms with Gasteiger partial charge in [-0.2, -0.15) is 26.3 Å². The van der Waals surface area contributed by atoms with Gasteiger partial charge in [-0.25, -0.2) is 0 Å². The minimum Gasteiger partial charge on any atom is -0.492 e. The zero-order valence-corrected chi connectivity index (χ0v) is 10.3. The molecule has 0 saturated carbocycles. The van der Waals surface area contributed by atoms with Gasteiger partial charge in [-0.3, -0.25) is 0 Å². The molecule has 0 unspecified atom stereocenters. The van der Waals surface area contributed by atoms with Crippen molar-refractivity contribution in [2.45, 2.75) is 18.8 Å². The zero-order chi connectivity index (χ0) is 16.3. The highest BCUT2D eigenvalue weighted by Crippen LogP contribution is 2.32. The van der Waals surface area contributed by atoms with Crippen molar-refractivity contribution in [1.29, 1.82) is 0 Å². The molecule has 1 aromatic rings. The lowest BCUT2D eigenvalue weighted by atomic mass is 10.1. The molecule has 118 valence electrons. The second kappa shape index (κ2) is 6.10. The van der Waals surface area contributed by atoms with Crippen molar-refractivity contribution < 1.29 is 36.3 Å². The van der Waals surface area contributed by atoms with E-state index in [4.69, 9.17) is 15.7 Å². The van der Waals surface area contributed by atoms with E-state index in [0.29, 0.717) is 12.1 Å².